The Bertz CT molecular complexity index is 1200. The van der Waals surface area contributed by atoms with Gasteiger partial charge in [-0.25, -0.2) is 26.5 Å². The third-order valence-electron chi connectivity index (χ3n) is 3.63. The molecule has 0 aliphatic heterocycles. The lowest BCUT2D eigenvalue weighted by molar-refractivity contribution is -0.133. The fraction of sp³-hybridized carbons (Fsp3) is 0.389. The quantitative estimate of drug-likeness (QED) is 0.429. The van der Waals surface area contributed by atoms with Crippen LogP contribution in [0.25, 0.3) is 0 Å². The molecule has 0 bridgehead atoms. The zero-order chi connectivity index (χ0) is 24.1. The molecule has 1 aromatic heterocycles. The number of anilines is 2. The van der Waals surface area contributed by atoms with Crippen molar-refractivity contribution in [2.24, 2.45) is 5.92 Å². The van der Waals surface area contributed by atoms with Gasteiger partial charge in [0.2, 0.25) is 10.0 Å². The van der Waals surface area contributed by atoms with Crippen LogP contribution in [0.5, 0.6) is 5.75 Å². The molecule has 2 aromatic rings. The van der Waals surface area contributed by atoms with Crippen LogP contribution in [0.4, 0.5) is 10.8 Å². The van der Waals surface area contributed by atoms with E-state index in [-0.39, 0.29) is 27.5 Å². The summed E-state index contributed by atoms with van der Waals surface area (Å²) in [7, 11) is -7.36. The largest absolute Gasteiger partial charge is 0.491 e. The second kappa shape index (κ2) is 10.4. The second-order valence-electron chi connectivity index (χ2n) is 7.23. The molecule has 0 saturated carbocycles. The highest BCUT2D eigenvalue weighted by Crippen LogP contribution is 2.28. The minimum Gasteiger partial charge on any atom is -0.491 e. The van der Waals surface area contributed by atoms with Gasteiger partial charge in [0, 0.05) is 6.26 Å². The molecule has 0 atom stereocenters. The van der Waals surface area contributed by atoms with E-state index in [0.29, 0.717) is 29.4 Å². The highest BCUT2D eigenvalue weighted by molar-refractivity contribution is 7.93. The Hall–Kier alpha value is -2.55. The first-order valence-corrected chi connectivity index (χ1v) is 13.8. The molecule has 0 unspecified atom stereocenters. The van der Waals surface area contributed by atoms with Gasteiger partial charge in [-0.2, -0.15) is 0 Å². The third kappa shape index (κ3) is 7.85. The zero-order valence-corrected chi connectivity index (χ0v) is 20.3. The standard InChI is InChI=1S/C18H24N4O7S3/c1-11(2)10-29-14-8-6-5-7-12(14)20-15(23)16(24)22-18-21-13(9-19-32(4,27)28)17(30-18)31(3,25)26/h5-8,11,19H,9-10H2,1-4H3,(H,20,23)(H,21,22,24). The van der Waals surface area contributed by atoms with Gasteiger partial charge in [-0.15, -0.1) is 0 Å². The number of rotatable bonds is 9. The monoisotopic (exact) mass is 504 g/mol. The first kappa shape index (κ1) is 25.7. The predicted molar refractivity (Wildman–Crippen MR) is 121 cm³/mol. The number of thiazole rings is 1. The molecule has 0 spiro atoms. The van der Waals surface area contributed by atoms with Crippen molar-refractivity contribution < 1.29 is 31.2 Å². The Morgan fingerprint density at radius 3 is 2.28 bits per heavy atom. The molecule has 14 heteroatoms. The van der Waals surface area contributed by atoms with Crippen molar-refractivity contribution in [3.05, 3.63) is 30.0 Å². The summed E-state index contributed by atoms with van der Waals surface area (Å²) in [4.78, 5) is 28.6. The van der Waals surface area contributed by atoms with Crippen molar-refractivity contribution in [2.75, 3.05) is 29.8 Å². The summed E-state index contributed by atoms with van der Waals surface area (Å²) >= 11 is 0.613. The van der Waals surface area contributed by atoms with E-state index in [0.717, 1.165) is 12.5 Å². The fourth-order valence-corrected chi connectivity index (χ4v) is 4.78. The lowest BCUT2D eigenvalue weighted by atomic mass is 10.2. The average molecular weight is 505 g/mol. The molecule has 176 valence electrons. The molecule has 0 radical (unpaired) electrons. The Morgan fingerprint density at radius 1 is 1.06 bits per heavy atom. The van der Waals surface area contributed by atoms with Crippen LogP contribution in [0.1, 0.15) is 19.5 Å². The summed E-state index contributed by atoms with van der Waals surface area (Å²) < 4.78 is 54.1. The molecule has 1 heterocycles. The smallest absolute Gasteiger partial charge is 0.315 e. The number of aromatic nitrogens is 1. The van der Waals surface area contributed by atoms with Gasteiger partial charge >= 0.3 is 11.8 Å². The van der Waals surface area contributed by atoms with Gasteiger partial charge in [0.25, 0.3) is 0 Å². The molecular weight excluding hydrogens is 480 g/mol. The number of nitrogens with one attached hydrogen (secondary N) is 3. The highest BCUT2D eigenvalue weighted by Gasteiger charge is 2.24. The number of benzene rings is 1. The number of hydrogen-bond donors (Lipinski definition) is 3. The molecule has 2 rings (SSSR count). The summed E-state index contributed by atoms with van der Waals surface area (Å²) in [6, 6.07) is 6.60. The van der Waals surface area contributed by atoms with Crippen molar-refractivity contribution in [2.45, 2.75) is 24.6 Å². The summed E-state index contributed by atoms with van der Waals surface area (Å²) in [5.41, 5.74) is 0.202. The van der Waals surface area contributed by atoms with Crippen LogP contribution in [0.15, 0.2) is 28.5 Å². The minimum atomic E-state index is -3.75. The lowest BCUT2D eigenvalue weighted by Crippen LogP contribution is -2.29. The second-order valence-corrected chi connectivity index (χ2v) is 12.3. The third-order valence-corrected chi connectivity index (χ3v) is 7.18. The average Bonchev–Trinajstić information content (AvgIpc) is 3.08. The Morgan fingerprint density at radius 2 is 1.69 bits per heavy atom. The van der Waals surface area contributed by atoms with Gasteiger partial charge in [-0.3, -0.25) is 14.9 Å². The highest BCUT2D eigenvalue weighted by atomic mass is 32.2. The number of nitrogens with zero attached hydrogens (tertiary/aromatic N) is 1. The topological polar surface area (TPSA) is 161 Å². The van der Waals surface area contributed by atoms with Crippen LogP contribution in [0, 0.1) is 5.92 Å². The molecule has 11 nitrogen and oxygen atoms in total. The van der Waals surface area contributed by atoms with Crippen molar-refractivity contribution in [1.29, 1.82) is 0 Å². The summed E-state index contributed by atoms with van der Waals surface area (Å²) in [6.45, 7) is 3.96. The van der Waals surface area contributed by atoms with E-state index in [1.807, 2.05) is 13.8 Å². The summed E-state index contributed by atoms with van der Waals surface area (Å²) in [6.07, 6.45) is 1.84. The molecular formula is C18H24N4O7S3. The molecule has 0 aliphatic rings. The Labute approximate surface area is 190 Å². The lowest BCUT2D eigenvalue weighted by Gasteiger charge is -2.13. The molecule has 0 saturated heterocycles. The van der Waals surface area contributed by atoms with Crippen LogP contribution < -0.4 is 20.1 Å². The van der Waals surface area contributed by atoms with Gasteiger partial charge in [-0.05, 0) is 18.1 Å². The van der Waals surface area contributed by atoms with E-state index >= 15 is 0 Å². The number of carbonyl (C=O) groups is 2. The Kier molecular flexibility index (Phi) is 8.34. The van der Waals surface area contributed by atoms with Gasteiger partial charge in [0.1, 0.15) is 9.96 Å². The van der Waals surface area contributed by atoms with Crippen molar-refractivity contribution in [3.63, 3.8) is 0 Å². The number of ether oxygens (including phenoxy) is 1. The van der Waals surface area contributed by atoms with E-state index in [2.05, 4.69) is 20.3 Å². The first-order chi connectivity index (χ1) is 14.8. The molecule has 0 aliphatic carbocycles. The van der Waals surface area contributed by atoms with Gasteiger partial charge in [0.05, 0.1) is 30.8 Å². The van der Waals surface area contributed by atoms with E-state index in [4.69, 9.17) is 4.74 Å². The van der Waals surface area contributed by atoms with E-state index in [1.54, 1.807) is 24.3 Å². The van der Waals surface area contributed by atoms with Crippen molar-refractivity contribution in [3.8, 4) is 5.75 Å². The van der Waals surface area contributed by atoms with Crippen LogP contribution in [0.2, 0.25) is 0 Å². The number of sulfonamides is 1. The molecule has 3 N–H and O–H groups in total. The van der Waals surface area contributed by atoms with Crippen molar-refractivity contribution >= 4 is 53.8 Å². The first-order valence-electron chi connectivity index (χ1n) is 9.25. The number of amides is 2. The molecule has 32 heavy (non-hydrogen) atoms. The van der Waals surface area contributed by atoms with Crippen LogP contribution in [-0.2, 0) is 36.0 Å². The summed E-state index contributed by atoms with van der Waals surface area (Å²) in [5.74, 6) is -1.45. The SMILES string of the molecule is CC(C)COc1ccccc1NC(=O)C(=O)Nc1nc(CNS(C)(=O)=O)c(S(C)(=O)=O)s1. The van der Waals surface area contributed by atoms with Crippen molar-refractivity contribution in [1.82, 2.24) is 9.71 Å². The minimum absolute atomic E-state index is 0.0916. The van der Waals surface area contributed by atoms with E-state index < -0.39 is 31.7 Å². The van der Waals surface area contributed by atoms with Crippen LogP contribution in [-0.4, -0.2) is 52.8 Å². The van der Waals surface area contributed by atoms with E-state index in [1.165, 1.54) is 0 Å². The maximum atomic E-state index is 12.3. The number of sulfone groups is 1. The Balaban J connectivity index is 2.15. The fourth-order valence-electron chi connectivity index (χ4n) is 2.28. The van der Waals surface area contributed by atoms with Gasteiger partial charge in [-0.1, -0.05) is 37.3 Å². The van der Waals surface area contributed by atoms with Crippen LogP contribution >= 0.6 is 11.3 Å². The van der Waals surface area contributed by atoms with Gasteiger partial charge in [0.15, 0.2) is 15.0 Å². The maximum Gasteiger partial charge on any atom is 0.315 e. The number of hydrogen-bond acceptors (Lipinski definition) is 9. The number of carbonyl (C=O) groups excluding carboxylic acids is 2. The molecule has 1 aromatic carbocycles. The predicted octanol–water partition coefficient (Wildman–Crippen LogP) is 1.21. The van der Waals surface area contributed by atoms with Gasteiger partial charge < -0.3 is 10.1 Å². The van der Waals surface area contributed by atoms with E-state index in [9.17, 15) is 26.4 Å². The van der Waals surface area contributed by atoms with Crippen LogP contribution in [0.3, 0.4) is 0 Å². The summed E-state index contributed by atoms with van der Waals surface area (Å²) in [5, 5.41) is 4.51. The molecule has 2 amide bonds. The normalized spacial score (nSPS) is 11.9. The zero-order valence-electron chi connectivity index (χ0n) is 17.8. The number of para-hydroxylation sites is 2. The maximum absolute atomic E-state index is 12.3. The molecule has 0 fully saturated rings.